The number of esters is 1. The molecule has 0 bridgehead atoms. The van der Waals surface area contributed by atoms with Gasteiger partial charge >= 0.3 is 5.97 Å². The summed E-state index contributed by atoms with van der Waals surface area (Å²) >= 11 is 0. The van der Waals surface area contributed by atoms with E-state index < -0.39 is 22.1 Å². The molecule has 7 heteroatoms. The van der Waals surface area contributed by atoms with Crippen LogP contribution in [0.2, 0.25) is 0 Å². The van der Waals surface area contributed by atoms with Crippen molar-refractivity contribution < 1.29 is 22.5 Å². The SMILES string of the molecule is Cc1ccc(S(=O)(=O)O)cc1.N[C@H](C(=O)OCc1ccccc1)c1ccccc1. The number of hydrogen-bond acceptors (Lipinski definition) is 5. The molecule has 3 aromatic rings. The number of benzene rings is 3. The first kappa shape index (κ1) is 22.3. The third-order valence-electron chi connectivity index (χ3n) is 3.96. The predicted octanol–water partition coefficient (Wildman–Crippen LogP) is 3.67. The quantitative estimate of drug-likeness (QED) is 0.488. The first-order valence-corrected chi connectivity index (χ1v) is 10.3. The highest BCUT2D eigenvalue weighted by Crippen LogP contribution is 2.12. The van der Waals surface area contributed by atoms with Crippen LogP contribution in [-0.2, 0) is 26.3 Å². The summed E-state index contributed by atoms with van der Waals surface area (Å²) in [5.74, 6) is -0.412. The summed E-state index contributed by atoms with van der Waals surface area (Å²) in [5, 5.41) is 0. The van der Waals surface area contributed by atoms with Crippen LogP contribution in [0, 0.1) is 6.92 Å². The van der Waals surface area contributed by atoms with Gasteiger partial charge in [-0.3, -0.25) is 4.55 Å². The Hall–Kier alpha value is -3.00. The van der Waals surface area contributed by atoms with Gasteiger partial charge in [-0.2, -0.15) is 8.42 Å². The molecule has 0 radical (unpaired) electrons. The lowest BCUT2D eigenvalue weighted by Gasteiger charge is -2.11. The lowest BCUT2D eigenvalue weighted by Crippen LogP contribution is -2.23. The molecule has 0 saturated heterocycles. The zero-order valence-corrected chi connectivity index (χ0v) is 16.7. The highest BCUT2D eigenvalue weighted by Gasteiger charge is 2.16. The fraction of sp³-hybridized carbons (Fsp3) is 0.136. The van der Waals surface area contributed by atoms with E-state index in [-0.39, 0.29) is 11.5 Å². The summed E-state index contributed by atoms with van der Waals surface area (Å²) in [4.78, 5) is 11.7. The molecule has 0 unspecified atom stereocenters. The van der Waals surface area contributed by atoms with E-state index in [4.69, 9.17) is 15.0 Å². The summed E-state index contributed by atoms with van der Waals surface area (Å²) in [6.07, 6.45) is 0. The minimum atomic E-state index is -4.02. The molecule has 3 rings (SSSR count). The summed E-state index contributed by atoms with van der Waals surface area (Å²) in [7, 11) is -4.02. The molecule has 0 amide bonds. The average molecular weight is 413 g/mol. The van der Waals surface area contributed by atoms with Crippen LogP contribution in [0.1, 0.15) is 22.7 Å². The molecule has 0 saturated carbocycles. The number of aryl methyl sites for hydroxylation is 1. The first-order valence-electron chi connectivity index (χ1n) is 8.82. The maximum Gasteiger partial charge on any atom is 0.327 e. The Kier molecular flexibility index (Phi) is 8.09. The second kappa shape index (κ2) is 10.5. The molecule has 3 N–H and O–H groups in total. The maximum absolute atomic E-state index is 11.8. The Morgan fingerprint density at radius 3 is 1.97 bits per heavy atom. The van der Waals surface area contributed by atoms with Gasteiger partial charge in [-0.15, -0.1) is 0 Å². The molecule has 6 nitrogen and oxygen atoms in total. The van der Waals surface area contributed by atoms with Gasteiger partial charge in [0.2, 0.25) is 0 Å². The Morgan fingerprint density at radius 2 is 1.45 bits per heavy atom. The Morgan fingerprint density at radius 1 is 0.931 bits per heavy atom. The Bertz CT molecular complexity index is 1000. The Balaban J connectivity index is 0.000000234. The van der Waals surface area contributed by atoms with Crippen LogP contribution in [0.3, 0.4) is 0 Å². The van der Waals surface area contributed by atoms with Crippen LogP contribution in [0.5, 0.6) is 0 Å². The van der Waals surface area contributed by atoms with Gasteiger partial charge in [0, 0.05) is 0 Å². The van der Waals surface area contributed by atoms with Gasteiger partial charge in [0.15, 0.2) is 0 Å². The van der Waals surface area contributed by atoms with Crippen molar-refractivity contribution in [3.05, 3.63) is 102 Å². The number of nitrogens with two attached hydrogens (primary N) is 1. The standard InChI is InChI=1S/C15H15NO2.C7H8O3S/c16-14(13-9-5-2-6-10-13)15(17)18-11-12-7-3-1-4-8-12;1-6-2-4-7(5-3-6)11(8,9)10/h1-10,14H,11,16H2;2-5H,1H3,(H,8,9,10)/t14-;/m0./s1. The molecular weight excluding hydrogens is 390 g/mol. The number of hydrogen-bond donors (Lipinski definition) is 2. The third kappa shape index (κ3) is 7.50. The van der Waals surface area contributed by atoms with Crippen LogP contribution < -0.4 is 5.73 Å². The second-order valence-electron chi connectivity index (χ2n) is 6.27. The number of ether oxygens (including phenoxy) is 1. The zero-order chi connectivity index (χ0) is 21.3. The molecule has 0 spiro atoms. The number of carbonyl (C=O) groups is 1. The largest absolute Gasteiger partial charge is 0.459 e. The third-order valence-corrected chi connectivity index (χ3v) is 4.82. The van der Waals surface area contributed by atoms with Crippen LogP contribution >= 0.6 is 0 Å². The topological polar surface area (TPSA) is 107 Å². The molecule has 0 heterocycles. The molecule has 0 aliphatic heterocycles. The van der Waals surface area contributed by atoms with Gasteiger partial charge < -0.3 is 10.5 Å². The van der Waals surface area contributed by atoms with Crippen molar-refractivity contribution in [1.29, 1.82) is 0 Å². The van der Waals surface area contributed by atoms with E-state index in [1.807, 2.05) is 67.6 Å². The van der Waals surface area contributed by atoms with E-state index in [1.54, 1.807) is 12.1 Å². The molecule has 0 aliphatic rings. The normalized spacial score (nSPS) is 11.7. The van der Waals surface area contributed by atoms with Crippen molar-refractivity contribution in [2.75, 3.05) is 0 Å². The molecule has 152 valence electrons. The van der Waals surface area contributed by atoms with E-state index in [0.717, 1.165) is 16.7 Å². The van der Waals surface area contributed by atoms with E-state index >= 15 is 0 Å². The molecule has 0 aliphatic carbocycles. The van der Waals surface area contributed by atoms with Crippen molar-refractivity contribution in [3.8, 4) is 0 Å². The smallest absolute Gasteiger partial charge is 0.327 e. The van der Waals surface area contributed by atoms with Gasteiger partial charge in [0.1, 0.15) is 12.6 Å². The summed E-state index contributed by atoms with van der Waals surface area (Å²) in [5.41, 5.74) is 8.49. The highest BCUT2D eigenvalue weighted by atomic mass is 32.2. The second-order valence-corrected chi connectivity index (χ2v) is 7.69. The van der Waals surface area contributed by atoms with Crippen LogP contribution in [-0.4, -0.2) is 18.9 Å². The van der Waals surface area contributed by atoms with Crippen molar-refractivity contribution in [3.63, 3.8) is 0 Å². The van der Waals surface area contributed by atoms with E-state index in [1.165, 1.54) is 12.1 Å². The lowest BCUT2D eigenvalue weighted by molar-refractivity contribution is -0.146. The summed E-state index contributed by atoms with van der Waals surface area (Å²) < 4.78 is 34.7. The predicted molar refractivity (Wildman–Crippen MR) is 111 cm³/mol. The van der Waals surface area contributed by atoms with Crippen molar-refractivity contribution in [2.24, 2.45) is 5.73 Å². The lowest BCUT2D eigenvalue weighted by atomic mass is 10.1. The van der Waals surface area contributed by atoms with E-state index in [2.05, 4.69) is 0 Å². The Labute approximate surface area is 170 Å². The maximum atomic E-state index is 11.8. The molecule has 3 aromatic carbocycles. The molecule has 1 atom stereocenters. The van der Waals surface area contributed by atoms with Gasteiger partial charge in [0.05, 0.1) is 4.90 Å². The van der Waals surface area contributed by atoms with Gasteiger partial charge in [0.25, 0.3) is 10.1 Å². The number of carbonyl (C=O) groups excluding carboxylic acids is 1. The molecule has 0 fully saturated rings. The minimum Gasteiger partial charge on any atom is -0.459 e. The molecule has 0 aromatic heterocycles. The van der Waals surface area contributed by atoms with Gasteiger partial charge in [-0.1, -0.05) is 78.4 Å². The first-order chi connectivity index (χ1) is 13.8. The van der Waals surface area contributed by atoms with Gasteiger partial charge in [-0.05, 0) is 30.2 Å². The zero-order valence-electron chi connectivity index (χ0n) is 15.9. The van der Waals surface area contributed by atoms with Crippen LogP contribution in [0.25, 0.3) is 0 Å². The minimum absolute atomic E-state index is 0.0666. The van der Waals surface area contributed by atoms with E-state index in [9.17, 15) is 13.2 Å². The highest BCUT2D eigenvalue weighted by molar-refractivity contribution is 7.85. The van der Waals surface area contributed by atoms with Crippen LogP contribution in [0.4, 0.5) is 0 Å². The fourth-order valence-corrected chi connectivity index (χ4v) is 2.81. The van der Waals surface area contributed by atoms with Gasteiger partial charge in [-0.25, -0.2) is 4.79 Å². The molecule has 29 heavy (non-hydrogen) atoms. The average Bonchev–Trinajstić information content (AvgIpc) is 2.73. The van der Waals surface area contributed by atoms with E-state index in [0.29, 0.717) is 0 Å². The summed E-state index contributed by atoms with van der Waals surface area (Å²) in [6, 6.07) is 24.0. The molecular formula is C22H23NO5S. The fourth-order valence-electron chi connectivity index (χ4n) is 2.33. The monoisotopic (exact) mass is 413 g/mol. The number of rotatable bonds is 5. The van der Waals surface area contributed by atoms with Crippen molar-refractivity contribution in [2.45, 2.75) is 24.5 Å². The summed E-state index contributed by atoms with van der Waals surface area (Å²) in [6.45, 7) is 2.09. The van der Waals surface area contributed by atoms with Crippen molar-refractivity contribution in [1.82, 2.24) is 0 Å². The van der Waals surface area contributed by atoms with Crippen LogP contribution in [0.15, 0.2) is 89.8 Å². The van der Waals surface area contributed by atoms with Crippen molar-refractivity contribution >= 4 is 16.1 Å².